The lowest BCUT2D eigenvalue weighted by atomic mass is 10.2. The van der Waals surface area contributed by atoms with E-state index in [1.54, 1.807) is 0 Å². The van der Waals surface area contributed by atoms with E-state index in [0.29, 0.717) is 45.0 Å². The van der Waals surface area contributed by atoms with Crippen LogP contribution in [0.1, 0.15) is 32.3 Å². The second-order valence-corrected chi connectivity index (χ2v) is 5.69. The van der Waals surface area contributed by atoms with E-state index in [-0.39, 0.29) is 5.91 Å². The van der Waals surface area contributed by atoms with Crippen LogP contribution in [0.5, 0.6) is 17.2 Å². The van der Waals surface area contributed by atoms with Gasteiger partial charge in [0.1, 0.15) is 5.75 Å². The van der Waals surface area contributed by atoms with Gasteiger partial charge >= 0.3 is 0 Å². The summed E-state index contributed by atoms with van der Waals surface area (Å²) in [4.78, 5) is 12.0. The second-order valence-electron chi connectivity index (χ2n) is 5.69. The van der Waals surface area contributed by atoms with Gasteiger partial charge < -0.3 is 19.5 Å². The van der Waals surface area contributed by atoms with Crippen molar-refractivity contribution in [2.45, 2.75) is 33.2 Å². The average Bonchev–Trinajstić information content (AvgIpc) is 2.66. The Kier molecular flexibility index (Phi) is 8.33. The third-order valence-electron chi connectivity index (χ3n) is 3.65. The highest BCUT2D eigenvalue weighted by atomic mass is 16.5. The first-order chi connectivity index (χ1) is 12.7. The van der Waals surface area contributed by atoms with Gasteiger partial charge in [0, 0.05) is 13.0 Å². The standard InChI is InChI=1S/C21H27NO4/c1-3-24-18-10-7-9-17(15-18)16-22-21(23)13-8-14-26-20-12-6-5-11-19(20)25-4-2/h5-7,9-12,15H,3-4,8,13-14,16H2,1-2H3,(H,22,23). The molecule has 1 amide bonds. The Morgan fingerprint density at radius 2 is 1.65 bits per heavy atom. The van der Waals surface area contributed by atoms with Crippen LogP contribution in [0.15, 0.2) is 48.5 Å². The summed E-state index contributed by atoms with van der Waals surface area (Å²) in [6.45, 7) is 6.06. The zero-order valence-corrected chi connectivity index (χ0v) is 15.5. The highest BCUT2D eigenvalue weighted by molar-refractivity contribution is 5.75. The van der Waals surface area contributed by atoms with Crippen LogP contribution in [0.25, 0.3) is 0 Å². The highest BCUT2D eigenvalue weighted by Crippen LogP contribution is 2.26. The Bertz CT molecular complexity index is 687. The molecule has 0 unspecified atom stereocenters. The van der Waals surface area contributed by atoms with E-state index < -0.39 is 0 Å². The number of nitrogens with one attached hydrogen (secondary N) is 1. The molecule has 0 aromatic heterocycles. The molecular formula is C21H27NO4. The van der Waals surface area contributed by atoms with Crippen molar-refractivity contribution in [2.75, 3.05) is 19.8 Å². The summed E-state index contributed by atoms with van der Waals surface area (Å²) in [6, 6.07) is 15.3. The summed E-state index contributed by atoms with van der Waals surface area (Å²) < 4.78 is 16.7. The molecule has 0 saturated carbocycles. The topological polar surface area (TPSA) is 56.8 Å². The summed E-state index contributed by atoms with van der Waals surface area (Å²) in [6.07, 6.45) is 1.06. The summed E-state index contributed by atoms with van der Waals surface area (Å²) in [7, 11) is 0. The molecule has 1 N–H and O–H groups in total. The number of rotatable bonds is 11. The van der Waals surface area contributed by atoms with Crippen LogP contribution < -0.4 is 19.5 Å². The van der Waals surface area contributed by atoms with Gasteiger partial charge in [-0.15, -0.1) is 0 Å². The Morgan fingerprint density at radius 1 is 0.923 bits per heavy atom. The monoisotopic (exact) mass is 357 g/mol. The van der Waals surface area contributed by atoms with Gasteiger partial charge in [-0.1, -0.05) is 24.3 Å². The average molecular weight is 357 g/mol. The van der Waals surface area contributed by atoms with Crippen molar-refractivity contribution in [1.29, 1.82) is 0 Å². The largest absolute Gasteiger partial charge is 0.494 e. The summed E-state index contributed by atoms with van der Waals surface area (Å²) >= 11 is 0. The third-order valence-corrected chi connectivity index (χ3v) is 3.65. The number of carbonyl (C=O) groups excluding carboxylic acids is 1. The zero-order chi connectivity index (χ0) is 18.6. The SMILES string of the molecule is CCOc1cccc(CNC(=O)CCCOc2ccccc2OCC)c1. The van der Waals surface area contributed by atoms with Gasteiger partial charge in [-0.2, -0.15) is 0 Å². The van der Waals surface area contributed by atoms with Crippen molar-refractivity contribution < 1.29 is 19.0 Å². The molecule has 5 heteroatoms. The normalized spacial score (nSPS) is 10.2. The zero-order valence-electron chi connectivity index (χ0n) is 15.5. The van der Waals surface area contributed by atoms with Crippen molar-refractivity contribution in [1.82, 2.24) is 5.32 Å². The number of amides is 1. The van der Waals surface area contributed by atoms with E-state index in [0.717, 1.165) is 17.1 Å². The van der Waals surface area contributed by atoms with E-state index in [9.17, 15) is 4.79 Å². The lowest BCUT2D eigenvalue weighted by Crippen LogP contribution is -2.23. The van der Waals surface area contributed by atoms with Crippen molar-refractivity contribution in [3.63, 3.8) is 0 Å². The van der Waals surface area contributed by atoms with Crippen molar-refractivity contribution in [3.05, 3.63) is 54.1 Å². The minimum Gasteiger partial charge on any atom is -0.494 e. The minimum atomic E-state index is 0.00788. The van der Waals surface area contributed by atoms with Gasteiger partial charge in [-0.05, 0) is 50.1 Å². The van der Waals surface area contributed by atoms with Crippen LogP contribution in [0.4, 0.5) is 0 Å². The fraction of sp³-hybridized carbons (Fsp3) is 0.381. The number of ether oxygens (including phenoxy) is 3. The maximum Gasteiger partial charge on any atom is 0.220 e. The van der Waals surface area contributed by atoms with Crippen molar-refractivity contribution >= 4 is 5.91 Å². The van der Waals surface area contributed by atoms with E-state index in [2.05, 4.69) is 5.32 Å². The molecule has 0 aliphatic carbocycles. The molecule has 0 aliphatic rings. The number of benzene rings is 2. The number of hydrogen-bond donors (Lipinski definition) is 1. The molecule has 0 heterocycles. The predicted molar refractivity (Wildman–Crippen MR) is 102 cm³/mol. The van der Waals surface area contributed by atoms with Crippen LogP contribution in [-0.4, -0.2) is 25.7 Å². The van der Waals surface area contributed by atoms with E-state index in [1.165, 1.54) is 0 Å². The molecule has 0 radical (unpaired) electrons. The molecule has 0 saturated heterocycles. The molecule has 2 aromatic carbocycles. The molecule has 0 atom stereocenters. The van der Waals surface area contributed by atoms with E-state index in [4.69, 9.17) is 14.2 Å². The highest BCUT2D eigenvalue weighted by Gasteiger charge is 2.05. The summed E-state index contributed by atoms with van der Waals surface area (Å²) in [5, 5.41) is 2.92. The first-order valence-corrected chi connectivity index (χ1v) is 9.06. The third kappa shape index (κ3) is 6.67. The fourth-order valence-corrected chi connectivity index (χ4v) is 2.46. The van der Waals surface area contributed by atoms with Crippen LogP contribution in [-0.2, 0) is 11.3 Å². The van der Waals surface area contributed by atoms with Gasteiger partial charge in [0.05, 0.1) is 19.8 Å². The van der Waals surface area contributed by atoms with Crippen molar-refractivity contribution in [2.24, 2.45) is 0 Å². The molecule has 2 aromatic rings. The Balaban J connectivity index is 1.68. The van der Waals surface area contributed by atoms with Gasteiger partial charge in [0.2, 0.25) is 5.91 Å². The summed E-state index contributed by atoms with van der Waals surface area (Å²) in [5.41, 5.74) is 1.02. The summed E-state index contributed by atoms with van der Waals surface area (Å²) in [5.74, 6) is 2.27. The predicted octanol–water partition coefficient (Wildman–Crippen LogP) is 3.96. The van der Waals surface area contributed by atoms with Crippen LogP contribution in [0, 0.1) is 0 Å². The Labute approximate surface area is 155 Å². The molecular weight excluding hydrogens is 330 g/mol. The fourth-order valence-electron chi connectivity index (χ4n) is 2.46. The molecule has 0 aliphatic heterocycles. The molecule has 0 bridgehead atoms. The van der Waals surface area contributed by atoms with Gasteiger partial charge in [0.25, 0.3) is 0 Å². The molecule has 5 nitrogen and oxygen atoms in total. The van der Waals surface area contributed by atoms with Crippen molar-refractivity contribution in [3.8, 4) is 17.2 Å². The Morgan fingerprint density at radius 3 is 2.38 bits per heavy atom. The molecule has 2 rings (SSSR count). The smallest absolute Gasteiger partial charge is 0.220 e. The maximum atomic E-state index is 12.0. The van der Waals surface area contributed by atoms with Crippen LogP contribution >= 0.6 is 0 Å². The van der Waals surface area contributed by atoms with Gasteiger partial charge in [0.15, 0.2) is 11.5 Å². The minimum absolute atomic E-state index is 0.00788. The Hall–Kier alpha value is -2.69. The lowest BCUT2D eigenvalue weighted by Gasteiger charge is -2.11. The molecule has 0 spiro atoms. The van der Waals surface area contributed by atoms with Gasteiger partial charge in [-0.25, -0.2) is 0 Å². The number of para-hydroxylation sites is 2. The molecule has 26 heavy (non-hydrogen) atoms. The van der Waals surface area contributed by atoms with Crippen LogP contribution in [0.2, 0.25) is 0 Å². The molecule has 140 valence electrons. The quantitative estimate of drug-likeness (QED) is 0.619. The van der Waals surface area contributed by atoms with E-state index in [1.807, 2.05) is 62.4 Å². The van der Waals surface area contributed by atoms with Crippen LogP contribution in [0.3, 0.4) is 0 Å². The number of carbonyl (C=O) groups is 1. The number of hydrogen-bond acceptors (Lipinski definition) is 4. The van der Waals surface area contributed by atoms with E-state index >= 15 is 0 Å². The maximum absolute atomic E-state index is 12.0. The second kappa shape index (κ2) is 11.0. The first kappa shape index (κ1) is 19.6. The molecule has 0 fully saturated rings. The van der Waals surface area contributed by atoms with Gasteiger partial charge in [-0.3, -0.25) is 4.79 Å². The lowest BCUT2D eigenvalue weighted by molar-refractivity contribution is -0.121. The first-order valence-electron chi connectivity index (χ1n) is 9.06.